The Bertz CT molecular complexity index is 1330. The molecule has 1 aliphatic rings. The van der Waals surface area contributed by atoms with Crippen LogP contribution in [0.2, 0.25) is 0 Å². The zero-order valence-electron chi connectivity index (χ0n) is 18.7. The fraction of sp³-hybridized carbons (Fsp3) is 0.348. The molecule has 1 atom stereocenters. The van der Waals surface area contributed by atoms with Crippen molar-refractivity contribution in [3.8, 4) is 11.4 Å². The van der Waals surface area contributed by atoms with Crippen LogP contribution in [0.4, 0.5) is 27.6 Å². The maximum absolute atomic E-state index is 15.2. The number of nitrogens with zero attached hydrogens (tertiary/aromatic N) is 3. The number of aryl methyl sites for hydroxylation is 1. The topological polar surface area (TPSA) is 78.2 Å². The van der Waals surface area contributed by atoms with E-state index in [0.717, 1.165) is 29.7 Å². The SMILES string of the molecule is CCc1nn(-c2cc(O[C@@H](C)C(F)(F)F)c(C(=O)Nc3ccccc3F)cc2F)c(=O)n1C1CC1. The van der Waals surface area contributed by atoms with E-state index in [4.69, 9.17) is 4.74 Å². The first-order valence-electron chi connectivity index (χ1n) is 10.8. The fourth-order valence-corrected chi connectivity index (χ4v) is 3.51. The van der Waals surface area contributed by atoms with Gasteiger partial charge in [-0.15, -0.1) is 5.10 Å². The van der Waals surface area contributed by atoms with Crippen molar-refractivity contribution in [3.05, 3.63) is 69.9 Å². The molecule has 4 rings (SSSR count). The number of aromatic nitrogens is 3. The van der Waals surface area contributed by atoms with Crippen LogP contribution < -0.4 is 15.7 Å². The molecule has 1 aromatic heterocycles. The predicted molar refractivity (Wildman–Crippen MR) is 116 cm³/mol. The van der Waals surface area contributed by atoms with Gasteiger partial charge >= 0.3 is 11.9 Å². The van der Waals surface area contributed by atoms with E-state index in [9.17, 15) is 27.2 Å². The molecule has 3 aromatic rings. The van der Waals surface area contributed by atoms with Crippen molar-refractivity contribution in [2.75, 3.05) is 5.32 Å². The number of rotatable bonds is 7. The Hall–Kier alpha value is -3.70. The minimum Gasteiger partial charge on any atom is -0.480 e. The second-order valence-corrected chi connectivity index (χ2v) is 8.10. The molecule has 1 N–H and O–H groups in total. The first kappa shape index (κ1) is 24.4. The summed E-state index contributed by atoms with van der Waals surface area (Å²) in [5.41, 5.74) is -2.00. The van der Waals surface area contributed by atoms with Gasteiger partial charge in [-0.1, -0.05) is 19.1 Å². The Morgan fingerprint density at radius 3 is 2.49 bits per heavy atom. The first-order chi connectivity index (χ1) is 16.5. The van der Waals surface area contributed by atoms with E-state index in [1.54, 1.807) is 6.92 Å². The lowest BCUT2D eigenvalue weighted by Gasteiger charge is -2.20. The molecular formula is C23H21F5N4O3. The summed E-state index contributed by atoms with van der Waals surface area (Å²) in [6, 6.07) is 6.49. The molecule has 0 aliphatic heterocycles. The smallest absolute Gasteiger partial charge is 0.425 e. The third kappa shape index (κ3) is 4.91. The van der Waals surface area contributed by atoms with Gasteiger partial charge in [0.2, 0.25) is 0 Å². The van der Waals surface area contributed by atoms with Crippen LogP contribution in [0.5, 0.6) is 5.75 Å². The van der Waals surface area contributed by atoms with Crippen molar-refractivity contribution in [1.29, 1.82) is 0 Å². The van der Waals surface area contributed by atoms with Gasteiger partial charge in [0.25, 0.3) is 5.91 Å². The number of amides is 1. The molecule has 1 saturated carbocycles. The van der Waals surface area contributed by atoms with Crippen molar-refractivity contribution in [2.24, 2.45) is 0 Å². The number of carbonyl (C=O) groups is 1. The molecule has 0 spiro atoms. The molecule has 1 fully saturated rings. The zero-order chi connectivity index (χ0) is 25.5. The average molecular weight is 496 g/mol. The molecule has 0 saturated heterocycles. The van der Waals surface area contributed by atoms with Crippen LogP contribution in [0.1, 0.15) is 48.9 Å². The van der Waals surface area contributed by atoms with E-state index in [1.807, 2.05) is 0 Å². The number of alkyl halides is 3. The van der Waals surface area contributed by atoms with E-state index < -0.39 is 52.5 Å². The van der Waals surface area contributed by atoms with Crippen molar-refractivity contribution in [2.45, 2.75) is 51.4 Å². The lowest BCUT2D eigenvalue weighted by molar-refractivity contribution is -0.189. The van der Waals surface area contributed by atoms with E-state index in [0.29, 0.717) is 25.2 Å². The lowest BCUT2D eigenvalue weighted by atomic mass is 10.1. The Labute approximate surface area is 196 Å². The number of hydrogen-bond acceptors (Lipinski definition) is 4. The summed E-state index contributed by atoms with van der Waals surface area (Å²) < 4.78 is 75.9. The van der Waals surface area contributed by atoms with Crippen LogP contribution in [0.3, 0.4) is 0 Å². The summed E-state index contributed by atoms with van der Waals surface area (Å²) in [6.45, 7) is 2.47. The van der Waals surface area contributed by atoms with Crippen molar-refractivity contribution < 1.29 is 31.5 Å². The van der Waals surface area contributed by atoms with Gasteiger partial charge in [-0.3, -0.25) is 9.36 Å². The Balaban J connectivity index is 1.81. The number of benzene rings is 2. The largest absolute Gasteiger partial charge is 0.480 e. The van der Waals surface area contributed by atoms with Crippen LogP contribution in [-0.2, 0) is 6.42 Å². The van der Waals surface area contributed by atoms with Gasteiger partial charge in [-0.2, -0.15) is 17.9 Å². The van der Waals surface area contributed by atoms with Crippen molar-refractivity contribution >= 4 is 11.6 Å². The van der Waals surface area contributed by atoms with Gasteiger partial charge in [0, 0.05) is 18.5 Å². The highest BCUT2D eigenvalue weighted by Crippen LogP contribution is 2.35. The van der Waals surface area contributed by atoms with Crippen molar-refractivity contribution in [3.63, 3.8) is 0 Å². The van der Waals surface area contributed by atoms with E-state index in [-0.39, 0.29) is 11.7 Å². The predicted octanol–water partition coefficient (Wildman–Crippen LogP) is 4.79. The molecule has 7 nitrogen and oxygen atoms in total. The molecule has 0 bridgehead atoms. The molecule has 0 unspecified atom stereocenters. The molecule has 0 radical (unpaired) electrons. The van der Waals surface area contributed by atoms with Gasteiger partial charge < -0.3 is 10.1 Å². The highest BCUT2D eigenvalue weighted by Gasteiger charge is 2.39. The molecule has 1 amide bonds. The number of halogens is 5. The molecule has 12 heteroatoms. The fourth-order valence-electron chi connectivity index (χ4n) is 3.51. The Morgan fingerprint density at radius 2 is 1.89 bits per heavy atom. The number of hydrogen-bond donors (Lipinski definition) is 1. The summed E-state index contributed by atoms with van der Waals surface area (Å²) in [5.74, 6) is -3.25. The Kier molecular flexibility index (Phi) is 6.39. The molecule has 35 heavy (non-hydrogen) atoms. The number of carbonyl (C=O) groups excluding carboxylic acids is 1. The van der Waals surface area contributed by atoms with Gasteiger partial charge in [0.15, 0.2) is 6.10 Å². The summed E-state index contributed by atoms with van der Waals surface area (Å²) in [4.78, 5) is 25.7. The highest BCUT2D eigenvalue weighted by molar-refractivity contribution is 6.06. The normalized spacial score (nSPS) is 14.6. The van der Waals surface area contributed by atoms with Crippen LogP contribution in [0.15, 0.2) is 41.2 Å². The first-order valence-corrected chi connectivity index (χ1v) is 10.8. The molecule has 1 heterocycles. The summed E-state index contributed by atoms with van der Waals surface area (Å²) >= 11 is 0. The van der Waals surface area contributed by atoms with Gasteiger partial charge in [0.1, 0.15) is 28.9 Å². The molecular weight excluding hydrogens is 475 g/mol. The number of para-hydroxylation sites is 1. The van der Waals surface area contributed by atoms with Crippen LogP contribution >= 0.6 is 0 Å². The highest BCUT2D eigenvalue weighted by atomic mass is 19.4. The van der Waals surface area contributed by atoms with E-state index in [1.165, 1.54) is 22.8 Å². The number of ether oxygens (including phenoxy) is 1. The third-order valence-corrected chi connectivity index (χ3v) is 5.52. The third-order valence-electron chi connectivity index (χ3n) is 5.52. The monoisotopic (exact) mass is 496 g/mol. The molecule has 2 aromatic carbocycles. The second-order valence-electron chi connectivity index (χ2n) is 8.10. The minimum atomic E-state index is -4.80. The summed E-state index contributed by atoms with van der Waals surface area (Å²) in [6.07, 6.45) is -5.28. The van der Waals surface area contributed by atoms with Gasteiger partial charge in [0.05, 0.1) is 11.3 Å². The number of anilines is 1. The molecule has 186 valence electrons. The van der Waals surface area contributed by atoms with E-state index >= 15 is 4.39 Å². The summed E-state index contributed by atoms with van der Waals surface area (Å²) in [5, 5.41) is 6.33. The lowest BCUT2D eigenvalue weighted by Crippen LogP contribution is -2.32. The quantitative estimate of drug-likeness (QED) is 0.477. The second kappa shape index (κ2) is 9.16. The Morgan fingerprint density at radius 1 is 1.20 bits per heavy atom. The maximum Gasteiger partial charge on any atom is 0.425 e. The van der Waals surface area contributed by atoms with Crippen molar-refractivity contribution in [1.82, 2.24) is 14.3 Å². The van der Waals surface area contributed by atoms with Crippen LogP contribution in [0, 0.1) is 11.6 Å². The number of nitrogens with one attached hydrogen (secondary N) is 1. The summed E-state index contributed by atoms with van der Waals surface area (Å²) in [7, 11) is 0. The minimum absolute atomic E-state index is 0.0685. The zero-order valence-corrected chi connectivity index (χ0v) is 18.7. The van der Waals surface area contributed by atoms with Gasteiger partial charge in [-0.05, 0) is 38.0 Å². The molecule has 1 aliphatic carbocycles. The average Bonchev–Trinajstić information content (AvgIpc) is 3.58. The maximum atomic E-state index is 15.2. The standard InChI is InChI=1S/C23H21F5N4O3/c1-3-20-30-32(22(34)31(20)13-8-9-13)18-11-19(35-12(2)23(26,27)28)14(10-16(18)25)21(33)29-17-7-5-4-6-15(17)24/h4-7,10-13H,3,8-9H2,1-2H3,(H,29,33)/t12-/m0/s1. The van der Waals surface area contributed by atoms with Crippen LogP contribution in [-0.4, -0.2) is 32.5 Å². The van der Waals surface area contributed by atoms with E-state index in [2.05, 4.69) is 10.4 Å². The van der Waals surface area contributed by atoms with Crippen LogP contribution in [0.25, 0.3) is 5.69 Å². The van der Waals surface area contributed by atoms with Gasteiger partial charge in [-0.25, -0.2) is 13.6 Å².